The van der Waals surface area contributed by atoms with Crippen LogP contribution in [0.4, 0.5) is 0 Å². The number of hydrogen-bond donors (Lipinski definition) is 1. The Bertz CT molecular complexity index is 583. The van der Waals surface area contributed by atoms with Crippen LogP contribution < -0.4 is 5.32 Å². The van der Waals surface area contributed by atoms with Gasteiger partial charge in [0.15, 0.2) is 0 Å². The van der Waals surface area contributed by atoms with Crippen LogP contribution in [0.25, 0.3) is 11.1 Å². The summed E-state index contributed by atoms with van der Waals surface area (Å²) >= 11 is 0. The molecule has 20 heavy (non-hydrogen) atoms. The Morgan fingerprint density at radius 2 is 1.85 bits per heavy atom. The maximum Gasteiger partial charge on any atom is 0.0949 e. The molecule has 2 aromatic carbocycles. The Kier molecular flexibility index (Phi) is 3.86. The zero-order valence-corrected chi connectivity index (χ0v) is 12.1. The number of morpholine rings is 1. The largest absolute Gasteiger partial charge is 0.371 e. The van der Waals surface area contributed by atoms with Gasteiger partial charge in [-0.1, -0.05) is 48.0 Å². The molecule has 1 N–H and O–H groups in total. The van der Waals surface area contributed by atoms with E-state index in [4.69, 9.17) is 4.74 Å². The molecule has 0 saturated carbocycles. The summed E-state index contributed by atoms with van der Waals surface area (Å²) in [5.41, 5.74) is 6.47. The first kappa shape index (κ1) is 13.3. The summed E-state index contributed by atoms with van der Waals surface area (Å²) in [4.78, 5) is 0. The molecule has 1 heterocycles. The van der Waals surface area contributed by atoms with Crippen molar-refractivity contribution in [2.75, 3.05) is 19.7 Å². The highest BCUT2D eigenvalue weighted by atomic mass is 16.5. The minimum atomic E-state index is 0.191. The summed E-state index contributed by atoms with van der Waals surface area (Å²) in [6.45, 7) is 6.96. The maximum absolute atomic E-state index is 5.79. The van der Waals surface area contributed by atoms with Crippen molar-refractivity contribution in [3.63, 3.8) is 0 Å². The van der Waals surface area contributed by atoms with Gasteiger partial charge in [0.2, 0.25) is 0 Å². The standard InChI is InChI=1S/C18H21NO/c1-13-3-4-14(2)17(11-13)15-5-7-16(8-6-15)18-12-19-9-10-20-18/h3-8,11,18-19H,9-10,12H2,1-2H3. The zero-order chi connectivity index (χ0) is 13.9. The molecule has 1 aliphatic rings. The van der Waals surface area contributed by atoms with E-state index in [1.807, 2.05) is 0 Å². The van der Waals surface area contributed by atoms with Gasteiger partial charge in [-0.05, 0) is 36.1 Å². The van der Waals surface area contributed by atoms with Crippen LogP contribution in [0.3, 0.4) is 0 Å². The van der Waals surface area contributed by atoms with E-state index in [0.29, 0.717) is 0 Å². The van der Waals surface area contributed by atoms with Gasteiger partial charge in [-0.25, -0.2) is 0 Å². The molecule has 0 bridgehead atoms. The second-order valence-electron chi connectivity index (χ2n) is 5.50. The first-order chi connectivity index (χ1) is 9.74. The van der Waals surface area contributed by atoms with Crippen molar-refractivity contribution in [1.82, 2.24) is 5.32 Å². The van der Waals surface area contributed by atoms with Crippen LogP contribution in [0, 0.1) is 13.8 Å². The van der Waals surface area contributed by atoms with Crippen LogP contribution in [0.15, 0.2) is 42.5 Å². The number of aryl methyl sites for hydroxylation is 2. The van der Waals surface area contributed by atoms with Crippen LogP contribution >= 0.6 is 0 Å². The molecule has 0 aromatic heterocycles. The molecule has 1 atom stereocenters. The van der Waals surface area contributed by atoms with Gasteiger partial charge in [-0.15, -0.1) is 0 Å². The molecule has 0 amide bonds. The average Bonchev–Trinajstić information content (AvgIpc) is 2.51. The van der Waals surface area contributed by atoms with Gasteiger partial charge in [0.05, 0.1) is 12.7 Å². The van der Waals surface area contributed by atoms with E-state index < -0.39 is 0 Å². The summed E-state index contributed by atoms with van der Waals surface area (Å²) in [7, 11) is 0. The Balaban J connectivity index is 1.87. The topological polar surface area (TPSA) is 21.3 Å². The zero-order valence-electron chi connectivity index (χ0n) is 12.1. The molecule has 1 saturated heterocycles. The molecule has 0 aliphatic carbocycles. The predicted octanol–water partition coefficient (Wildman–Crippen LogP) is 3.63. The van der Waals surface area contributed by atoms with E-state index in [-0.39, 0.29) is 6.10 Å². The summed E-state index contributed by atoms with van der Waals surface area (Å²) < 4.78 is 5.79. The van der Waals surface area contributed by atoms with Crippen molar-refractivity contribution >= 4 is 0 Å². The van der Waals surface area contributed by atoms with Crippen molar-refractivity contribution in [3.8, 4) is 11.1 Å². The number of benzene rings is 2. The van der Waals surface area contributed by atoms with E-state index in [1.165, 1.54) is 27.8 Å². The molecule has 104 valence electrons. The van der Waals surface area contributed by atoms with E-state index in [0.717, 1.165) is 19.7 Å². The lowest BCUT2D eigenvalue weighted by atomic mass is 9.96. The smallest absolute Gasteiger partial charge is 0.0949 e. The highest BCUT2D eigenvalue weighted by Gasteiger charge is 2.15. The first-order valence-corrected chi connectivity index (χ1v) is 7.24. The third kappa shape index (κ3) is 2.77. The second-order valence-corrected chi connectivity index (χ2v) is 5.50. The minimum absolute atomic E-state index is 0.191. The van der Waals surface area contributed by atoms with Crippen LogP contribution in [-0.4, -0.2) is 19.7 Å². The third-order valence-corrected chi connectivity index (χ3v) is 3.91. The average molecular weight is 267 g/mol. The highest BCUT2D eigenvalue weighted by Crippen LogP contribution is 2.27. The predicted molar refractivity (Wildman–Crippen MR) is 82.9 cm³/mol. The van der Waals surface area contributed by atoms with Gasteiger partial charge >= 0.3 is 0 Å². The van der Waals surface area contributed by atoms with Gasteiger partial charge in [0.1, 0.15) is 0 Å². The second kappa shape index (κ2) is 5.78. The normalized spacial score (nSPS) is 19.0. The van der Waals surface area contributed by atoms with Gasteiger partial charge < -0.3 is 10.1 Å². The third-order valence-electron chi connectivity index (χ3n) is 3.91. The summed E-state index contributed by atoms with van der Waals surface area (Å²) in [6.07, 6.45) is 0.191. The van der Waals surface area contributed by atoms with Crippen LogP contribution in [-0.2, 0) is 4.74 Å². The molecule has 2 nitrogen and oxygen atoms in total. The molecule has 1 unspecified atom stereocenters. The van der Waals surface area contributed by atoms with Crippen molar-refractivity contribution in [3.05, 3.63) is 59.2 Å². The summed E-state index contributed by atoms with van der Waals surface area (Å²) in [5.74, 6) is 0. The van der Waals surface area contributed by atoms with Crippen LogP contribution in [0.2, 0.25) is 0 Å². The fourth-order valence-corrected chi connectivity index (χ4v) is 2.70. The molecule has 0 spiro atoms. The molecular formula is C18H21NO. The fourth-order valence-electron chi connectivity index (χ4n) is 2.70. The number of hydrogen-bond acceptors (Lipinski definition) is 2. The molecule has 2 aromatic rings. The highest BCUT2D eigenvalue weighted by molar-refractivity contribution is 5.68. The molecule has 1 aliphatic heterocycles. The Morgan fingerprint density at radius 3 is 2.55 bits per heavy atom. The van der Waals surface area contributed by atoms with Gasteiger partial charge in [0.25, 0.3) is 0 Å². The van der Waals surface area contributed by atoms with E-state index in [1.54, 1.807) is 0 Å². The molecule has 1 fully saturated rings. The quantitative estimate of drug-likeness (QED) is 0.897. The summed E-state index contributed by atoms with van der Waals surface area (Å²) in [6, 6.07) is 15.4. The lowest BCUT2D eigenvalue weighted by Gasteiger charge is -2.24. The summed E-state index contributed by atoms with van der Waals surface area (Å²) in [5, 5.41) is 3.37. The van der Waals surface area contributed by atoms with Gasteiger partial charge in [-0.3, -0.25) is 0 Å². The minimum Gasteiger partial charge on any atom is -0.371 e. The van der Waals surface area contributed by atoms with Crippen LogP contribution in [0.1, 0.15) is 22.8 Å². The van der Waals surface area contributed by atoms with Gasteiger partial charge in [0, 0.05) is 13.1 Å². The Hall–Kier alpha value is -1.64. The molecular weight excluding hydrogens is 246 g/mol. The number of rotatable bonds is 2. The number of ether oxygens (including phenoxy) is 1. The van der Waals surface area contributed by atoms with Crippen LogP contribution in [0.5, 0.6) is 0 Å². The van der Waals surface area contributed by atoms with Crippen molar-refractivity contribution < 1.29 is 4.74 Å². The van der Waals surface area contributed by atoms with E-state index in [9.17, 15) is 0 Å². The van der Waals surface area contributed by atoms with Crippen molar-refractivity contribution in [2.45, 2.75) is 20.0 Å². The monoisotopic (exact) mass is 267 g/mol. The lowest BCUT2D eigenvalue weighted by molar-refractivity contribution is 0.0277. The Labute approximate surface area is 120 Å². The van der Waals surface area contributed by atoms with Crippen molar-refractivity contribution in [2.24, 2.45) is 0 Å². The Morgan fingerprint density at radius 1 is 1.05 bits per heavy atom. The first-order valence-electron chi connectivity index (χ1n) is 7.24. The lowest BCUT2D eigenvalue weighted by Crippen LogP contribution is -2.33. The van der Waals surface area contributed by atoms with Crippen molar-refractivity contribution in [1.29, 1.82) is 0 Å². The number of nitrogens with one attached hydrogen (secondary N) is 1. The van der Waals surface area contributed by atoms with E-state index in [2.05, 4.69) is 61.6 Å². The fraction of sp³-hybridized carbons (Fsp3) is 0.333. The molecule has 0 radical (unpaired) electrons. The maximum atomic E-state index is 5.79. The van der Waals surface area contributed by atoms with Gasteiger partial charge in [-0.2, -0.15) is 0 Å². The van der Waals surface area contributed by atoms with E-state index >= 15 is 0 Å². The molecule has 3 rings (SSSR count). The molecule has 2 heteroatoms. The SMILES string of the molecule is Cc1ccc(C)c(-c2ccc(C3CNCCO3)cc2)c1.